The number of likely N-dealkylation sites (tertiary alicyclic amines) is 1. The van der Waals surface area contributed by atoms with Gasteiger partial charge in [0.15, 0.2) is 0 Å². The zero-order chi connectivity index (χ0) is 18.9. The molecule has 2 aliphatic heterocycles. The molecule has 2 heterocycles. The number of benzene rings is 2. The standard InChI is InChI=1S/C21H22ClNO4/c1-25-18-4-2-3-15(11-18)12-20(24)23-9-7-21(8-10-23)26-14-16-13-17(22)5-6-19(16)27-21/h2-6,11,13H,7-10,12,14H2,1H3. The van der Waals surface area contributed by atoms with Crippen LogP contribution in [0.25, 0.3) is 0 Å². The number of ether oxygens (including phenoxy) is 3. The Morgan fingerprint density at radius 3 is 2.81 bits per heavy atom. The van der Waals surface area contributed by atoms with Gasteiger partial charge in [0, 0.05) is 36.5 Å². The maximum Gasteiger partial charge on any atom is 0.226 e. The van der Waals surface area contributed by atoms with Gasteiger partial charge in [-0.15, -0.1) is 0 Å². The third-order valence-electron chi connectivity index (χ3n) is 5.18. The van der Waals surface area contributed by atoms with Crippen molar-refractivity contribution in [3.05, 3.63) is 58.6 Å². The second-order valence-corrected chi connectivity index (χ2v) is 7.40. The Morgan fingerprint density at radius 2 is 2.04 bits per heavy atom. The van der Waals surface area contributed by atoms with Crippen LogP contribution >= 0.6 is 11.6 Å². The summed E-state index contributed by atoms with van der Waals surface area (Å²) >= 11 is 6.03. The molecule has 0 unspecified atom stereocenters. The molecule has 0 bridgehead atoms. The van der Waals surface area contributed by atoms with Crippen LogP contribution in [0.2, 0.25) is 5.02 Å². The molecule has 0 saturated carbocycles. The number of hydrogen-bond donors (Lipinski definition) is 0. The van der Waals surface area contributed by atoms with Crippen molar-refractivity contribution in [3.63, 3.8) is 0 Å². The molecule has 1 saturated heterocycles. The van der Waals surface area contributed by atoms with E-state index in [1.807, 2.05) is 47.4 Å². The van der Waals surface area contributed by atoms with Gasteiger partial charge in [-0.1, -0.05) is 23.7 Å². The van der Waals surface area contributed by atoms with Crippen LogP contribution in [0.15, 0.2) is 42.5 Å². The quantitative estimate of drug-likeness (QED) is 0.803. The van der Waals surface area contributed by atoms with Crippen molar-refractivity contribution in [2.45, 2.75) is 31.7 Å². The van der Waals surface area contributed by atoms with E-state index in [9.17, 15) is 4.79 Å². The predicted molar refractivity (Wildman–Crippen MR) is 102 cm³/mol. The molecule has 0 N–H and O–H groups in total. The van der Waals surface area contributed by atoms with E-state index in [4.69, 9.17) is 25.8 Å². The zero-order valence-electron chi connectivity index (χ0n) is 15.2. The number of amides is 1. The van der Waals surface area contributed by atoms with Crippen LogP contribution in [0.3, 0.4) is 0 Å². The fraction of sp³-hybridized carbons (Fsp3) is 0.381. The molecule has 0 aromatic heterocycles. The summed E-state index contributed by atoms with van der Waals surface area (Å²) in [5.41, 5.74) is 1.92. The summed E-state index contributed by atoms with van der Waals surface area (Å²) in [4.78, 5) is 14.5. The number of methoxy groups -OCH3 is 1. The van der Waals surface area contributed by atoms with E-state index >= 15 is 0 Å². The first-order chi connectivity index (χ1) is 13.1. The highest BCUT2D eigenvalue weighted by atomic mass is 35.5. The van der Waals surface area contributed by atoms with Crippen LogP contribution in [0, 0.1) is 0 Å². The van der Waals surface area contributed by atoms with Crippen molar-refractivity contribution in [1.82, 2.24) is 4.90 Å². The predicted octanol–water partition coefficient (Wildman–Crippen LogP) is 3.82. The minimum atomic E-state index is -0.645. The largest absolute Gasteiger partial charge is 0.497 e. The molecule has 0 radical (unpaired) electrons. The van der Waals surface area contributed by atoms with Gasteiger partial charge in [0.2, 0.25) is 11.7 Å². The number of nitrogens with zero attached hydrogens (tertiary/aromatic N) is 1. The molecular formula is C21H22ClNO4. The first kappa shape index (κ1) is 18.1. The monoisotopic (exact) mass is 387 g/mol. The first-order valence-electron chi connectivity index (χ1n) is 9.09. The Balaban J connectivity index is 1.37. The SMILES string of the molecule is COc1cccc(CC(=O)N2CCC3(CC2)OCc2cc(Cl)ccc2O3)c1. The molecule has 5 nitrogen and oxygen atoms in total. The molecular weight excluding hydrogens is 366 g/mol. The van der Waals surface area contributed by atoms with Gasteiger partial charge in [-0.3, -0.25) is 4.79 Å². The van der Waals surface area contributed by atoms with E-state index in [-0.39, 0.29) is 5.91 Å². The molecule has 0 aliphatic carbocycles. The molecule has 0 atom stereocenters. The van der Waals surface area contributed by atoms with Gasteiger partial charge in [-0.25, -0.2) is 0 Å². The van der Waals surface area contributed by atoms with Crippen LogP contribution in [0.1, 0.15) is 24.0 Å². The van der Waals surface area contributed by atoms with Crippen molar-refractivity contribution < 1.29 is 19.0 Å². The molecule has 2 aliphatic rings. The number of hydrogen-bond acceptors (Lipinski definition) is 4. The van der Waals surface area contributed by atoms with Crippen LogP contribution in [0.5, 0.6) is 11.5 Å². The highest BCUT2D eigenvalue weighted by Crippen LogP contribution is 2.38. The van der Waals surface area contributed by atoms with E-state index < -0.39 is 5.79 Å². The van der Waals surface area contributed by atoms with E-state index in [2.05, 4.69) is 0 Å². The lowest BCUT2D eigenvalue weighted by Crippen LogP contribution is -2.52. The second kappa shape index (κ2) is 7.41. The summed E-state index contributed by atoms with van der Waals surface area (Å²) in [7, 11) is 1.63. The van der Waals surface area contributed by atoms with E-state index in [0.29, 0.717) is 44.0 Å². The van der Waals surface area contributed by atoms with Crippen LogP contribution in [-0.4, -0.2) is 36.8 Å². The third kappa shape index (κ3) is 3.89. The zero-order valence-corrected chi connectivity index (χ0v) is 16.0. The third-order valence-corrected chi connectivity index (χ3v) is 5.41. The number of carbonyl (C=O) groups is 1. The highest BCUT2D eigenvalue weighted by Gasteiger charge is 2.41. The van der Waals surface area contributed by atoms with Crippen molar-refractivity contribution >= 4 is 17.5 Å². The van der Waals surface area contributed by atoms with E-state index in [1.165, 1.54) is 0 Å². The second-order valence-electron chi connectivity index (χ2n) is 6.96. The summed E-state index contributed by atoms with van der Waals surface area (Å²) in [6.45, 7) is 1.71. The summed E-state index contributed by atoms with van der Waals surface area (Å²) in [6.07, 6.45) is 1.67. The molecule has 2 aromatic carbocycles. The van der Waals surface area contributed by atoms with Crippen molar-refractivity contribution in [1.29, 1.82) is 0 Å². The fourth-order valence-electron chi connectivity index (χ4n) is 3.61. The first-order valence-corrected chi connectivity index (χ1v) is 9.47. The maximum atomic E-state index is 12.7. The lowest BCUT2D eigenvalue weighted by Gasteiger charge is -2.44. The number of halogens is 1. The van der Waals surface area contributed by atoms with Gasteiger partial charge in [-0.05, 0) is 35.9 Å². The molecule has 1 spiro atoms. The topological polar surface area (TPSA) is 48.0 Å². The van der Waals surface area contributed by atoms with E-state index in [1.54, 1.807) is 7.11 Å². The summed E-state index contributed by atoms with van der Waals surface area (Å²) in [5.74, 6) is 1.05. The molecule has 1 fully saturated rings. The summed E-state index contributed by atoms with van der Waals surface area (Å²) < 4.78 is 17.4. The Hall–Kier alpha value is -2.24. The van der Waals surface area contributed by atoms with Crippen molar-refractivity contribution in [3.8, 4) is 11.5 Å². The van der Waals surface area contributed by atoms with Crippen LogP contribution in [-0.2, 0) is 22.6 Å². The number of rotatable bonds is 3. The number of carbonyl (C=O) groups excluding carboxylic acids is 1. The average molecular weight is 388 g/mol. The molecule has 27 heavy (non-hydrogen) atoms. The van der Waals surface area contributed by atoms with Crippen LogP contribution < -0.4 is 9.47 Å². The van der Waals surface area contributed by atoms with Crippen molar-refractivity contribution in [2.24, 2.45) is 0 Å². The van der Waals surface area contributed by atoms with Gasteiger partial charge in [0.1, 0.15) is 11.5 Å². The minimum absolute atomic E-state index is 0.112. The molecule has 6 heteroatoms. The molecule has 142 valence electrons. The Bertz CT molecular complexity index is 846. The molecule has 4 rings (SSSR count). The van der Waals surface area contributed by atoms with Gasteiger partial charge in [0.05, 0.1) is 20.1 Å². The maximum absolute atomic E-state index is 12.7. The normalized spacial score (nSPS) is 17.9. The Kier molecular flexibility index (Phi) is 4.98. The van der Waals surface area contributed by atoms with Gasteiger partial charge in [-0.2, -0.15) is 0 Å². The van der Waals surface area contributed by atoms with Gasteiger partial charge in [0.25, 0.3) is 0 Å². The highest BCUT2D eigenvalue weighted by molar-refractivity contribution is 6.30. The van der Waals surface area contributed by atoms with E-state index in [0.717, 1.165) is 22.6 Å². The fourth-order valence-corrected chi connectivity index (χ4v) is 3.81. The molecule has 1 amide bonds. The van der Waals surface area contributed by atoms with Gasteiger partial charge < -0.3 is 19.1 Å². The minimum Gasteiger partial charge on any atom is -0.497 e. The lowest BCUT2D eigenvalue weighted by atomic mass is 10.0. The lowest BCUT2D eigenvalue weighted by molar-refractivity contribution is -0.227. The summed E-state index contributed by atoms with van der Waals surface area (Å²) in [6, 6.07) is 13.2. The smallest absolute Gasteiger partial charge is 0.226 e. The number of fused-ring (bicyclic) bond motifs is 1. The van der Waals surface area contributed by atoms with Crippen LogP contribution in [0.4, 0.5) is 0 Å². The van der Waals surface area contributed by atoms with Crippen molar-refractivity contribution in [2.75, 3.05) is 20.2 Å². The number of piperidine rings is 1. The Morgan fingerprint density at radius 1 is 1.22 bits per heavy atom. The Labute approximate surface area is 163 Å². The molecule has 2 aromatic rings. The average Bonchev–Trinajstić information content (AvgIpc) is 2.69. The van der Waals surface area contributed by atoms with Gasteiger partial charge >= 0.3 is 0 Å². The summed E-state index contributed by atoms with van der Waals surface area (Å²) in [5, 5.41) is 0.676.